The Morgan fingerprint density at radius 1 is 1.26 bits per heavy atom. The van der Waals surface area contributed by atoms with Gasteiger partial charge >= 0.3 is 0 Å². The predicted molar refractivity (Wildman–Crippen MR) is 129 cm³/mol. The highest BCUT2D eigenvalue weighted by molar-refractivity contribution is 5.82. The van der Waals surface area contributed by atoms with Gasteiger partial charge in [0, 0.05) is 12.0 Å². The standard InChI is InChI=1S/C28H38N4O2/c1-5-17-12-23(24(33)16-32-25(30-4)13-19(15-29)31-32)28(3)11-9-21-20-8-10-27(2,34)14-18(20)6-7-22(21)26(17)28/h13,17-18,20-23,26,34H,5-12,14,16H2,1-3H3/t17-,18-,20+,21-,22-,23-,26+,27-,28-/m1/s1. The van der Waals surface area contributed by atoms with Crippen LogP contribution in [0.15, 0.2) is 6.07 Å². The van der Waals surface area contributed by atoms with Crippen LogP contribution in [0.3, 0.4) is 0 Å². The van der Waals surface area contributed by atoms with Crippen LogP contribution in [0.1, 0.15) is 84.3 Å². The Balaban J connectivity index is 1.38. The van der Waals surface area contributed by atoms with E-state index in [1.165, 1.54) is 30.0 Å². The van der Waals surface area contributed by atoms with E-state index in [4.69, 9.17) is 6.57 Å². The number of hydrogen-bond donors (Lipinski definition) is 1. The molecular formula is C28H38N4O2. The molecule has 5 rings (SSSR count). The van der Waals surface area contributed by atoms with Crippen LogP contribution in [0.2, 0.25) is 0 Å². The van der Waals surface area contributed by atoms with E-state index in [1.54, 1.807) is 0 Å². The van der Waals surface area contributed by atoms with E-state index in [1.807, 2.05) is 13.0 Å². The van der Waals surface area contributed by atoms with Gasteiger partial charge in [-0.1, -0.05) is 31.9 Å². The number of Topliss-reactive ketones (excluding diaryl/α,β-unsaturated/α-hetero) is 1. The maximum Gasteiger partial charge on any atom is 0.253 e. The minimum Gasteiger partial charge on any atom is -0.390 e. The summed E-state index contributed by atoms with van der Waals surface area (Å²) < 4.78 is 1.44. The zero-order valence-corrected chi connectivity index (χ0v) is 20.8. The van der Waals surface area contributed by atoms with Gasteiger partial charge in [0.15, 0.2) is 18.0 Å². The molecule has 9 atom stereocenters. The number of aliphatic hydroxyl groups is 1. The van der Waals surface area contributed by atoms with Crippen molar-refractivity contribution in [2.75, 3.05) is 0 Å². The van der Waals surface area contributed by atoms with E-state index in [9.17, 15) is 15.2 Å². The Bertz CT molecular complexity index is 1050. The molecule has 0 spiro atoms. The molecule has 0 unspecified atom stereocenters. The molecule has 4 aliphatic carbocycles. The number of nitriles is 1. The topological polar surface area (TPSA) is 83.3 Å². The van der Waals surface area contributed by atoms with Gasteiger partial charge in [0.1, 0.15) is 6.07 Å². The Kier molecular flexibility index (Phi) is 5.88. The molecule has 1 aromatic heterocycles. The summed E-state index contributed by atoms with van der Waals surface area (Å²) in [4.78, 5) is 17.2. The molecule has 0 amide bonds. The van der Waals surface area contributed by atoms with Crippen molar-refractivity contribution in [1.29, 1.82) is 5.26 Å². The molecule has 34 heavy (non-hydrogen) atoms. The highest BCUT2D eigenvalue weighted by atomic mass is 16.3. The molecule has 6 heteroatoms. The number of carbonyl (C=O) groups excluding carboxylic acids is 1. The molecule has 4 saturated carbocycles. The summed E-state index contributed by atoms with van der Waals surface area (Å²) in [6.07, 6.45) is 9.87. The number of fused-ring (bicyclic) bond motifs is 5. The fraction of sp³-hybridized carbons (Fsp3) is 0.786. The SMILES string of the molecule is [C-]#[N+]c1cc(C#N)nn1CC(=O)[C@H]1C[C@@H](CC)[C@H]2[C@@H]3CC[C@@H]4C[C@](C)(O)CC[C@@H]4[C@H]3CC[C@@]21C. The molecule has 1 N–H and O–H groups in total. The lowest BCUT2D eigenvalue weighted by Gasteiger charge is -2.57. The Labute approximate surface area is 203 Å². The second-order valence-electron chi connectivity index (χ2n) is 12.3. The smallest absolute Gasteiger partial charge is 0.253 e. The molecule has 0 bridgehead atoms. The van der Waals surface area contributed by atoms with Gasteiger partial charge in [0.2, 0.25) is 0 Å². The quantitative estimate of drug-likeness (QED) is 0.596. The predicted octanol–water partition coefficient (Wildman–Crippen LogP) is 5.53. The first-order valence-corrected chi connectivity index (χ1v) is 13.3. The van der Waals surface area contributed by atoms with Gasteiger partial charge in [-0.2, -0.15) is 9.94 Å². The largest absolute Gasteiger partial charge is 0.390 e. The van der Waals surface area contributed by atoms with Crippen LogP contribution in [0.5, 0.6) is 0 Å². The Morgan fingerprint density at radius 2 is 2.03 bits per heavy atom. The number of hydrogen-bond acceptors (Lipinski definition) is 4. The molecule has 1 aromatic rings. The summed E-state index contributed by atoms with van der Waals surface area (Å²) in [5.41, 5.74) is -0.282. The van der Waals surface area contributed by atoms with Crippen molar-refractivity contribution in [2.24, 2.45) is 46.8 Å². The van der Waals surface area contributed by atoms with Crippen LogP contribution >= 0.6 is 0 Å². The summed E-state index contributed by atoms with van der Waals surface area (Å²) in [5.74, 6) is 4.45. The molecule has 0 aliphatic heterocycles. The molecule has 0 radical (unpaired) electrons. The van der Waals surface area contributed by atoms with Crippen LogP contribution in [0, 0.1) is 64.7 Å². The van der Waals surface area contributed by atoms with Gasteiger partial charge in [-0.05, 0) is 99.2 Å². The lowest BCUT2D eigenvalue weighted by Crippen LogP contribution is -2.52. The molecule has 0 saturated heterocycles. The highest BCUT2D eigenvalue weighted by Gasteiger charge is 2.61. The minimum atomic E-state index is -0.490. The van der Waals surface area contributed by atoms with Crippen LogP contribution in [-0.2, 0) is 11.3 Å². The molecule has 182 valence electrons. The van der Waals surface area contributed by atoms with Gasteiger partial charge in [0.05, 0.1) is 5.60 Å². The zero-order chi connectivity index (χ0) is 24.3. The van der Waals surface area contributed by atoms with Crippen LogP contribution in [-0.4, -0.2) is 26.3 Å². The average Bonchev–Trinajstić information content (AvgIpc) is 3.35. The van der Waals surface area contributed by atoms with Gasteiger partial charge < -0.3 is 9.95 Å². The molecular weight excluding hydrogens is 424 g/mol. The highest BCUT2D eigenvalue weighted by Crippen LogP contribution is 2.66. The first kappa shape index (κ1) is 23.6. The number of aromatic nitrogens is 2. The molecule has 4 aliphatic rings. The van der Waals surface area contributed by atoms with E-state index < -0.39 is 5.60 Å². The van der Waals surface area contributed by atoms with Gasteiger partial charge in [-0.25, -0.2) is 0 Å². The van der Waals surface area contributed by atoms with Crippen molar-refractivity contribution >= 4 is 11.6 Å². The first-order valence-electron chi connectivity index (χ1n) is 13.3. The van der Waals surface area contributed by atoms with Crippen molar-refractivity contribution in [2.45, 2.75) is 90.7 Å². The van der Waals surface area contributed by atoms with Crippen LogP contribution < -0.4 is 0 Å². The number of rotatable bonds is 4. The zero-order valence-electron chi connectivity index (χ0n) is 20.8. The van der Waals surface area contributed by atoms with Gasteiger partial charge in [-0.3, -0.25) is 4.79 Å². The molecule has 0 aromatic carbocycles. The second kappa shape index (κ2) is 8.49. The van der Waals surface area contributed by atoms with Gasteiger partial charge in [0.25, 0.3) is 5.82 Å². The fourth-order valence-electron chi connectivity index (χ4n) is 9.22. The maximum absolute atomic E-state index is 13.7. The summed E-state index contributed by atoms with van der Waals surface area (Å²) in [6, 6.07) is 3.46. The Hall–Kier alpha value is -2.18. The van der Waals surface area contributed by atoms with Crippen molar-refractivity contribution in [3.05, 3.63) is 23.2 Å². The lowest BCUT2D eigenvalue weighted by molar-refractivity contribution is -0.133. The minimum absolute atomic E-state index is 0.00142. The normalized spacial score (nSPS) is 43.2. The summed E-state index contributed by atoms with van der Waals surface area (Å²) in [5, 5.41) is 24.0. The lowest BCUT2D eigenvalue weighted by atomic mass is 9.48. The average molecular weight is 463 g/mol. The summed E-state index contributed by atoms with van der Waals surface area (Å²) in [7, 11) is 0. The van der Waals surface area contributed by atoms with Crippen molar-refractivity contribution in [1.82, 2.24) is 9.78 Å². The second-order valence-corrected chi connectivity index (χ2v) is 12.3. The van der Waals surface area contributed by atoms with Crippen molar-refractivity contribution < 1.29 is 9.90 Å². The summed E-state index contributed by atoms with van der Waals surface area (Å²) >= 11 is 0. The van der Waals surface area contributed by atoms with Crippen LogP contribution in [0.25, 0.3) is 4.85 Å². The van der Waals surface area contributed by atoms with E-state index in [2.05, 4.69) is 23.8 Å². The summed E-state index contributed by atoms with van der Waals surface area (Å²) in [6.45, 7) is 14.2. The monoisotopic (exact) mass is 462 g/mol. The third kappa shape index (κ3) is 3.70. The third-order valence-electron chi connectivity index (χ3n) is 10.6. The van der Waals surface area contributed by atoms with Gasteiger partial charge in [-0.15, -0.1) is 0 Å². The van der Waals surface area contributed by atoms with Crippen LogP contribution in [0.4, 0.5) is 5.82 Å². The van der Waals surface area contributed by atoms with Crippen molar-refractivity contribution in [3.8, 4) is 6.07 Å². The number of carbonyl (C=O) groups is 1. The van der Waals surface area contributed by atoms with Crippen molar-refractivity contribution in [3.63, 3.8) is 0 Å². The van der Waals surface area contributed by atoms with E-state index >= 15 is 0 Å². The fourth-order valence-corrected chi connectivity index (χ4v) is 9.22. The third-order valence-corrected chi connectivity index (χ3v) is 10.6. The van der Waals surface area contributed by atoms with E-state index in [-0.39, 0.29) is 35.2 Å². The molecule has 1 heterocycles. The molecule has 4 fully saturated rings. The van der Waals surface area contributed by atoms with E-state index in [0.717, 1.165) is 50.4 Å². The molecule has 6 nitrogen and oxygen atoms in total. The Morgan fingerprint density at radius 3 is 2.74 bits per heavy atom. The van der Waals surface area contributed by atoms with E-state index in [0.29, 0.717) is 23.7 Å². The first-order chi connectivity index (χ1) is 16.2. The number of ketones is 1. The maximum atomic E-state index is 13.7. The number of nitrogens with zero attached hydrogens (tertiary/aromatic N) is 4.